The molecule has 0 aliphatic carbocycles. The average Bonchev–Trinajstić information content (AvgIpc) is 3.17. The van der Waals surface area contributed by atoms with Crippen LogP contribution in [0.5, 0.6) is 5.75 Å². The van der Waals surface area contributed by atoms with Crippen molar-refractivity contribution in [3.05, 3.63) is 65.2 Å². The van der Waals surface area contributed by atoms with Gasteiger partial charge in [0.1, 0.15) is 25.4 Å². The number of likely N-dealkylation sites (tertiary alicyclic amines) is 1. The molecule has 158 valence electrons. The fraction of sp³-hybridized carbons (Fsp3) is 0.318. The van der Waals surface area contributed by atoms with Crippen molar-refractivity contribution in [3.63, 3.8) is 0 Å². The Bertz CT molecular complexity index is 719. The van der Waals surface area contributed by atoms with Crippen molar-refractivity contribution in [3.8, 4) is 5.75 Å². The van der Waals surface area contributed by atoms with Crippen LogP contribution in [0.4, 0.5) is 0 Å². The Morgan fingerprint density at radius 2 is 1.66 bits per heavy atom. The number of hydrogen-bond acceptors (Lipinski definition) is 6. The molecule has 1 fully saturated rings. The van der Waals surface area contributed by atoms with E-state index in [0.29, 0.717) is 11.7 Å². The number of nitrogens with one attached hydrogen (secondary N) is 1. The van der Waals surface area contributed by atoms with E-state index >= 15 is 0 Å². The van der Waals surface area contributed by atoms with E-state index in [1.54, 1.807) is 17.6 Å². The highest BCUT2D eigenvalue weighted by molar-refractivity contribution is 5.94. The molecule has 2 aromatic carbocycles. The standard InChI is InChI=1S/C12H17NO.C8H9NO2.2CH2O/c1-10-3-5-11(6-4-10)14-12-7-8-13(2)9-12;1-6-4-2-3-5-7(6)8(10)9-11;2*1-2/h3-6,12H,7-9H2,1-2H3;2-5,11H,1H3,(H,9,10);2*1H2. The third-order valence-corrected chi connectivity index (χ3v) is 4.16. The largest absolute Gasteiger partial charge is 0.489 e. The first kappa shape index (κ1) is 26.0. The van der Waals surface area contributed by atoms with Gasteiger partial charge in [-0.3, -0.25) is 10.0 Å². The second kappa shape index (κ2) is 15.0. The van der Waals surface area contributed by atoms with Crippen molar-refractivity contribution < 1.29 is 24.3 Å². The highest BCUT2D eigenvalue weighted by Crippen LogP contribution is 2.17. The van der Waals surface area contributed by atoms with Crippen molar-refractivity contribution in [1.29, 1.82) is 0 Å². The van der Waals surface area contributed by atoms with Gasteiger partial charge in [0.2, 0.25) is 0 Å². The predicted octanol–water partition coefficient (Wildman–Crippen LogP) is 2.82. The second-order valence-electron chi connectivity index (χ2n) is 6.36. The minimum absolute atomic E-state index is 0.378. The summed E-state index contributed by atoms with van der Waals surface area (Å²) in [6, 6.07) is 15.3. The Morgan fingerprint density at radius 3 is 2.14 bits per heavy atom. The minimum Gasteiger partial charge on any atom is -0.489 e. The fourth-order valence-corrected chi connectivity index (χ4v) is 2.69. The summed E-state index contributed by atoms with van der Waals surface area (Å²) < 4.78 is 5.86. The number of nitrogens with zero attached hydrogens (tertiary/aromatic N) is 1. The third kappa shape index (κ3) is 9.64. The van der Waals surface area contributed by atoms with Gasteiger partial charge in [0.25, 0.3) is 5.91 Å². The fourth-order valence-electron chi connectivity index (χ4n) is 2.69. The Labute approximate surface area is 172 Å². The topological polar surface area (TPSA) is 95.9 Å². The highest BCUT2D eigenvalue weighted by atomic mass is 16.5. The number of hydrogen-bond donors (Lipinski definition) is 2. The first-order valence-electron chi connectivity index (χ1n) is 8.99. The summed E-state index contributed by atoms with van der Waals surface area (Å²) in [4.78, 5) is 29.2. The molecule has 2 aromatic rings. The molecule has 1 unspecified atom stereocenters. The number of likely N-dealkylation sites (N-methyl/N-ethyl adjacent to an activating group) is 1. The monoisotopic (exact) mass is 402 g/mol. The first-order valence-corrected chi connectivity index (χ1v) is 8.99. The smallest absolute Gasteiger partial charge is 0.274 e. The lowest BCUT2D eigenvalue weighted by Gasteiger charge is -2.13. The van der Waals surface area contributed by atoms with Gasteiger partial charge in [0.15, 0.2) is 0 Å². The molecule has 3 rings (SSSR count). The summed E-state index contributed by atoms with van der Waals surface area (Å²) in [5, 5.41) is 8.31. The Morgan fingerprint density at radius 1 is 1.07 bits per heavy atom. The lowest BCUT2D eigenvalue weighted by Crippen LogP contribution is -2.21. The molecule has 1 atom stereocenters. The van der Waals surface area contributed by atoms with Crippen LogP contribution in [0.2, 0.25) is 0 Å². The molecule has 1 amide bonds. The number of amides is 1. The SMILES string of the molecule is C=O.C=O.Cc1ccc(OC2CCN(C)C2)cc1.Cc1ccccc1C(=O)NO. The van der Waals surface area contributed by atoms with Gasteiger partial charge in [-0.25, -0.2) is 5.48 Å². The number of ether oxygens (including phenoxy) is 1. The summed E-state index contributed by atoms with van der Waals surface area (Å²) >= 11 is 0. The summed E-state index contributed by atoms with van der Waals surface area (Å²) in [6.45, 7) is 10.1. The number of rotatable bonds is 3. The van der Waals surface area contributed by atoms with Crippen molar-refractivity contribution in [2.24, 2.45) is 0 Å². The van der Waals surface area contributed by atoms with Crippen LogP contribution in [0, 0.1) is 13.8 Å². The Kier molecular flexibility index (Phi) is 13.4. The van der Waals surface area contributed by atoms with E-state index in [-0.39, 0.29) is 0 Å². The van der Waals surface area contributed by atoms with E-state index in [9.17, 15) is 4.79 Å². The predicted molar refractivity (Wildman–Crippen MR) is 112 cm³/mol. The molecule has 1 aliphatic heterocycles. The van der Waals surface area contributed by atoms with Gasteiger partial charge < -0.3 is 19.2 Å². The van der Waals surface area contributed by atoms with Gasteiger partial charge in [-0.05, 0) is 51.1 Å². The maximum Gasteiger partial charge on any atom is 0.274 e. The van der Waals surface area contributed by atoms with Gasteiger partial charge in [-0.2, -0.15) is 0 Å². The zero-order chi connectivity index (χ0) is 22.2. The summed E-state index contributed by atoms with van der Waals surface area (Å²) in [6.07, 6.45) is 1.52. The van der Waals surface area contributed by atoms with Gasteiger partial charge in [-0.1, -0.05) is 35.9 Å². The highest BCUT2D eigenvalue weighted by Gasteiger charge is 2.20. The lowest BCUT2D eigenvalue weighted by atomic mass is 10.1. The van der Waals surface area contributed by atoms with Crippen LogP contribution in [0.15, 0.2) is 48.5 Å². The third-order valence-electron chi connectivity index (χ3n) is 4.16. The molecule has 2 N–H and O–H groups in total. The van der Waals surface area contributed by atoms with Gasteiger partial charge >= 0.3 is 0 Å². The molecule has 1 aliphatic rings. The summed E-state index contributed by atoms with van der Waals surface area (Å²) in [5.74, 6) is 0.527. The van der Waals surface area contributed by atoms with Gasteiger partial charge in [-0.15, -0.1) is 0 Å². The molecule has 0 aromatic heterocycles. The van der Waals surface area contributed by atoms with Crippen molar-refractivity contribution in [2.45, 2.75) is 26.4 Å². The van der Waals surface area contributed by atoms with Crippen LogP contribution in [0.3, 0.4) is 0 Å². The molecular weight excluding hydrogens is 372 g/mol. The number of carbonyl (C=O) groups is 3. The molecular formula is C22H30N2O5. The normalized spacial score (nSPS) is 14.7. The number of benzene rings is 2. The molecule has 0 saturated carbocycles. The quantitative estimate of drug-likeness (QED) is 0.605. The Hall–Kier alpha value is -3.03. The first-order chi connectivity index (χ1) is 14.0. The average molecular weight is 402 g/mol. The molecule has 1 saturated heterocycles. The summed E-state index contributed by atoms with van der Waals surface area (Å²) in [7, 11) is 2.14. The van der Waals surface area contributed by atoms with Crippen LogP contribution >= 0.6 is 0 Å². The number of hydroxylamine groups is 1. The maximum absolute atomic E-state index is 10.9. The summed E-state index contributed by atoms with van der Waals surface area (Å²) in [5.41, 5.74) is 4.20. The van der Waals surface area contributed by atoms with E-state index < -0.39 is 5.91 Å². The van der Waals surface area contributed by atoms with Crippen LogP contribution in [-0.2, 0) is 9.59 Å². The van der Waals surface area contributed by atoms with E-state index in [2.05, 4.69) is 31.0 Å². The van der Waals surface area contributed by atoms with Crippen LogP contribution in [0.1, 0.15) is 27.9 Å². The number of carbonyl (C=O) groups excluding carboxylic acids is 3. The zero-order valence-corrected chi connectivity index (χ0v) is 17.3. The molecule has 0 radical (unpaired) electrons. The van der Waals surface area contributed by atoms with E-state index in [0.717, 1.165) is 30.8 Å². The van der Waals surface area contributed by atoms with Crippen LogP contribution in [0.25, 0.3) is 0 Å². The molecule has 29 heavy (non-hydrogen) atoms. The molecule has 0 bridgehead atoms. The molecule has 7 heteroatoms. The van der Waals surface area contributed by atoms with E-state index in [4.69, 9.17) is 19.5 Å². The molecule has 0 spiro atoms. The second-order valence-corrected chi connectivity index (χ2v) is 6.36. The zero-order valence-electron chi connectivity index (χ0n) is 17.3. The van der Waals surface area contributed by atoms with Crippen molar-refractivity contribution in [1.82, 2.24) is 10.4 Å². The maximum atomic E-state index is 10.9. The van der Waals surface area contributed by atoms with Crippen LogP contribution < -0.4 is 10.2 Å². The van der Waals surface area contributed by atoms with Crippen LogP contribution in [-0.4, -0.2) is 55.8 Å². The molecule has 7 nitrogen and oxygen atoms in total. The van der Waals surface area contributed by atoms with E-state index in [1.807, 2.05) is 44.8 Å². The number of aryl methyl sites for hydroxylation is 2. The van der Waals surface area contributed by atoms with Crippen molar-refractivity contribution in [2.75, 3.05) is 20.1 Å². The Balaban J connectivity index is 0.000000472. The van der Waals surface area contributed by atoms with Crippen molar-refractivity contribution >= 4 is 19.5 Å². The lowest BCUT2D eigenvalue weighted by molar-refractivity contribution is -0.0987. The van der Waals surface area contributed by atoms with Gasteiger partial charge in [0.05, 0.1) is 0 Å². The van der Waals surface area contributed by atoms with Gasteiger partial charge in [0, 0.05) is 18.7 Å². The van der Waals surface area contributed by atoms with E-state index in [1.165, 1.54) is 5.56 Å². The molecule has 1 heterocycles. The minimum atomic E-state index is -0.469.